The SMILES string of the molecule is Cc1cccc(Cn2ccc3cccnc32)c1. The van der Waals surface area contributed by atoms with E-state index in [1.165, 1.54) is 16.5 Å². The number of aryl methyl sites for hydroxylation is 1. The summed E-state index contributed by atoms with van der Waals surface area (Å²) in [6.45, 7) is 3.00. The zero-order valence-corrected chi connectivity index (χ0v) is 9.80. The van der Waals surface area contributed by atoms with Crippen LogP contribution in [-0.2, 0) is 6.54 Å². The highest BCUT2D eigenvalue weighted by Gasteiger charge is 2.01. The van der Waals surface area contributed by atoms with Crippen LogP contribution >= 0.6 is 0 Å². The Morgan fingerprint density at radius 2 is 2.06 bits per heavy atom. The summed E-state index contributed by atoms with van der Waals surface area (Å²) in [4.78, 5) is 4.42. The van der Waals surface area contributed by atoms with Crippen molar-refractivity contribution in [1.82, 2.24) is 9.55 Å². The van der Waals surface area contributed by atoms with Crippen molar-refractivity contribution >= 4 is 11.0 Å². The minimum Gasteiger partial charge on any atom is -0.328 e. The average molecular weight is 222 g/mol. The van der Waals surface area contributed by atoms with E-state index in [1.54, 1.807) is 0 Å². The molecule has 3 rings (SSSR count). The standard InChI is InChI=1S/C15H14N2/c1-12-4-2-5-13(10-12)11-17-9-7-14-6-3-8-16-15(14)17/h2-10H,11H2,1H3. The van der Waals surface area contributed by atoms with E-state index >= 15 is 0 Å². The fourth-order valence-corrected chi connectivity index (χ4v) is 2.16. The van der Waals surface area contributed by atoms with Crippen LogP contribution in [0.4, 0.5) is 0 Å². The van der Waals surface area contributed by atoms with Gasteiger partial charge in [-0.2, -0.15) is 0 Å². The molecule has 0 aliphatic heterocycles. The quantitative estimate of drug-likeness (QED) is 0.650. The van der Waals surface area contributed by atoms with Crippen molar-refractivity contribution in [2.24, 2.45) is 0 Å². The molecule has 0 saturated heterocycles. The van der Waals surface area contributed by atoms with Gasteiger partial charge in [0.25, 0.3) is 0 Å². The van der Waals surface area contributed by atoms with Crippen LogP contribution in [0.3, 0.4) is 0 Å². The van der Waals surface area contributed by atoms with Crippen molar-refractivity contribution in [3.8, 4) is 0 Å². The molecule has 17 heavy (non-hydrogen) atoms. The Labute approximate surface area is 101 Å². The van der Waals surface area contributed by atoms with Crippen molar-refractivity contribution < 1.29 is 0 Å². The lowest BCUT2D eigenvalue weighted by Gasteiger charge is -2.05. The van der Waals surface area contributed by atoms with Crippen molar-refractivity contribution in [3.05, 3.63) is 66.0 Å². The number of fused-ring (bicyclic) bond motifs is 1. The molecular formula is C15H14N2. The molecule has 0 saturated carbocycles. The molecule has 0 atom stereocenters. The number of rotatable bonds is 2. The van der Waals surface area contributed by atoms with Gasteiger partial charge >= 0.3 is 0 Å². The Hall–Kier alpha value is -2.09. The van der Waals surface area contributed by atoms with E-state index in [9.17, 15) is 0 Å². The third-order valence-corrected chi connectivity index (χ3v) is 2.96. The molecule has 0 unspecified atom stereocenters. The first-order valence-corrected chi connectivity index (χ1v) is 5.78. The zero-order chi connectivity index (χ0) is 11.7. The van der Waals surface area contributed by atoms with Crippen molar-refractivity contribution in [2.45, 2.75) is 13.5 Å². The van der Waals surface area contributed by atoms with E-state index in [4.69, 9.17) is 0 Å². The van der Waals surface area contributed by atoms with Crippen LogP contribution < -0.4 is 0 Å². The molecule has 0 spiro atoms. The van der Waals surface area contributed by atoms with Crippen LogP contribution in [0, 0.1) is 6.92 Å². The third kappa shape index (κ3) is 1.94. The molecule has 0 bridgehead atoms. The first kappa shape index (κ1) is 10.1. The number of hydrogen-bond acceptors (Lipinski definition) is 1. The van der Waals surface area contributed by atoms with E-state index in [1.807, 2.05) is 12.3 Å². The summed E-state index contributed by atoms with van der Waals surface area (Å²) in [7, 11) is 0. The van der Waals surface area contributed by atoms with E-state index in [0.717, 1.165) is 12.2 Å². The van der Waals surface area contributed by atoms with Gasteiger partial charge in [-0.3, -0.25) is 0 Å². The van der Waals surface area contributed by atoms with E-state index in [-0.39, 0.29) is 0 Å². The second-order valence-electron chi connectivity index (χ2n) is 4.35. The summed E-state index contributed by atoms with van der Waals surface area (Å²) in [5.74, 6) is 0. The van der Waals surface area contributed by atoms with E-state index in [0.29, 0.717) is 0 Å². The van der Waals surface area contributed by atoms with Gasteiger partial charge in [0.05, 0.1) is 0 Å². The smallest absolute Gasteiger partial charge is 0.140 e. The monoisotopic (exact) mass is 222 g/mol. The maximum atomic E-state index is 4.42. The lowest BCUT2D eigenvalue weighted by molar-refractivity contribution is 0.824. The minimum atomic E-state index is 0.877. The second kappa shape index (κ2) is 4.06. The number of benzene rings is 1. The van der Waals surface area contributed by atoms with Gasteiger partial charge in [-0.15, -0.1) is 0 Å². The van der Waals surface area contributed by atoms with Crippen LogP contribution in [0.15, 0.2) is 54.9 Å². The summed E-state index contributed by atoms with van der Waals surface area (Å²) in [5.41, 5.74) is 3.66. The fraction of sp³-hybridized carbons (Fsp3) is 0.133. The molecule has 1 aromatic carbocycles. The third-order valence-electron chi connectivity index (χ3n) is 2.96. The molecule has 2 heteroatoms. The molecule has 0 fully saturated rings. The maximum absolute atomic E-state index is 4.42. The molecule has 0 aliphatic rings. The Kier molecular flexibility index (Phi) is 2.41. The van der Waals surface area contributed by atoms with E-state index < -0.39 is 0 Å². The maximum Gasteiger partial charge on any atom is 0.140 e. The fourth-order valence-electron chi connectivity index (χ4n) is 2.16. The van der Waals surface area contributed by atoms with Crippen LogP contribution in [-0.4, -0.2) is 9.55 Å². The Morgan fingerprint density at radius 3 is 2.94 bits per heavy atom. The molecule has 2 heterocycles. The zero-order valence-electron chi connectivity index (χ0n) is 9.80. The van der Waals surface area contributed by atoms with Crippen LogP contribution in [0.2, 0.25) is 0 Å². The van der Waals surface area contributed by atoms with Crippen LogP contribution in [0.1, 0.15) is 11.1 Å². The Balaban J connectivity index is 2.00. The number of pyridine rings is 1. The van der Waals surface area contributed by atoms with E-state index in [2.05, 4.69) is 59.1 Å². The molecule has 0 radical (unpaired) electrons. The summed E-state index contributed by atoms with van der Waals surface area (Å²) >= 11 is 0. The number of nitrogens with zero attached hydrogens (tertiary/aromatic N) is 2. The number of aromatic nitrogens is 2. The largest absolute Gasteiger partial charge is 0.328 e. The highest BCUT2D eigenvalue weighted by molar-refractivity contribution is 5.75. The van der Waals surface area contributed by atoms with Crippen molar-refractivity contribution in [3.63, 3.8) is 0 Å². The van der Waals surface area contributed by atoms with Gasteiger partial charge in [0.15, 0.2) is 0 Å². The predicted molar refractivity (Wildman–Crippen MR) is 70.0 cm³/mol. The second-order valence-corrected chi connectivity index (χ2v) is 4.35. The van der Waals surface area contributed by atoms with Gasteiger partial charge < -0.3 is 4.57 Å². The summed E-state index contributed by atoms with van der Waals surface area (Å²) in [6.07, 6.45) is 3.94. The Morgan fingerprint density at radius 1 is 1.12 bits per heavy atom. The molecule has 2 nitrogen and oxygen atoms in total. The van der Waals surface area contributed by atoms with Crippen molar-refractivity contribution in [1.29, 1.82) is 0 Å². The summed E-state index contributed by atoms with van der Waals surface area (Å²) in [5, 5.41) is 1.19. The highest BCUT2D eigenvalue weighted by atomic mass is 15.0. The molecule has 0 aliphatic carbocycles. The minimum absolute atomic E-state index is 0.877. The summed E-state index contributed by atoms with van der Waals surface area (Å²) < 4.78 is 2.18. The first-order chi connectivity index (χ1) is 8.33. The lowest BCUT2D eigenvalue weighted by Crippen LogP contribution is -1.99. The Bertz CT molecular complexity index is 653. The van der Waals surface area contributed by atoms with Gasteiger partial charge in [0, 0.05) is 24.3 Å². The topological polar surface area (TPSA) is 17.8 Å². The molecule has 0 N–H and O–H groups in total. The van der Waals surface area contributed by atoms with Gasteiger partial charge in [-0.1, -0.05) is 29.8 Å². The first-order valence-electron chi connectivity index (χ1n) is 5.78. The van der Waals surface area contributed by atoms with Gasteiger partial charge in [-0.25, -0.2) is 4.98 Å². The highest BCUT2D eigenvalue weighted by Crippen LogP contribution is 2.14. The predicted octanol–water partition coefficient (Wildman–Crippen LogP) is 3.39. The molecule has 0 amide bonds. The van der Waals surface area contributed by atoms with Gasteiger partial charge in [-0.05, 0) is 30.7 Å². The number of hydrogen-bond donors (Lipinski definition) is 0. The van der Waals surface area contributed by atoms with Crippen LogP contribution in [0.25, 0.3) is 11.0 Å². The summed E-state index contributed by atoms with van der Waals surface area (Å²) in [6, 6.07) is 14.8. The van der Waals surface area contributed by atoms with Gasteiger partial charge in [0.2, 0.25) is 0 Å². The average Bonchev–Trinajstić information content (AvgIpc) is 2.73. The normalized spacial score (nSPS) is 10.9. The molecule has 84 valence electrons. The van der Waals surface area contributed by atoms with Gasteiger partial charge in [0.1, 0.15) is 5.65 Å². The molecule has 3 aromatic rings. The molecular weight excluding hydrogens is 208 g/mol. The van der Waals surface area contributed by atoms with Crippen molar-refractivity contribution in [2.75, 3.05) is 0 Å². The lowest BCUT2D eigenvalue weighted by atomic mass is 10.1. The van der Waals surface area contributed by atoms with Crippen LogP contribution in [0.5, 0.6) is 0 Å². The molecule has 2 aromatic heterocycles.